The van der Waals surface area contributed by atoms with Gasteiger partial charge in [0.1, 0.15) is 15.7 Å². The molecule has 1 aromatic rings. The number of hydrogen-bond acceptors (Lipinski definition) is 4. The van der Waals surface area contributed by atoms with Crippen molar-refractivity contribution in [3.05, 3.63) is 29.1 Å². The zero-order valence-electron chi connectivity index (χ0n) is 11.8. The lowest BCUT2D eigenvalue weighted by Gasteiger charge is -2.18. The maximum absolute atomic E-state index is 13.3. The Balaban J connectivity index is 2.24. The summed E-state index contributed by atoms with van der Waals surface area (Å²) in [4.78, 5) is 25.1. The van der Waals surface area contributed by atoms with E-state index in [-0.39, 0.29) is 30.0 Å². The van der Waals surface area contributed by atoms with E-state index in [1.807, 2.05) is 0 Å². The molecule has 1 aliphatic rings. The van der Waals surface area contributed by atoms with Gasteiger partial charge in [0, 0.05) is 12.3 Å². The van der Waals surface area contributed by atoms with E-state index in [4.69, 9.17) is 0 Å². The van der Waals surface area contributed by atoms with Gasteiger partial charge < -0.3 is 4.90 Å². The van der Waals surface area contributed by atoms with Crippen LogP contribution in [0.1, 0.15) is 29.3 Å². The molecule has 0 spiro atoms. The standard InChI is InChI=1S/C14H16FNO4S/c1-3-21(19,20)6-4-5-16-12-9(2)7-10(15)8-11(12)13(17)14(16)18/h7-8H,3-6H2,1-2H3. The molecule has 0 atom stereocenters. The smallest absolute Gasteiger partial charge is 0.299 e. The van der Waals surface area contributed by atoms with E-state index in [1.165, 1.54) is 11.0 Å². The van der Waals surface area contributed by atoms with Crippen molar-refractivity contribution in [2.24, 2.45) is 0 Å². The van der Waals surface area contributed by atoms with Crippen LogP contribution in [0.15, 0.2) is 12.1 Å². The minimum absolute atomic E-state index is 0.0424. The maximum atomic E-state index is 13.3. The summed E-state index contributed by atoms with van der Waals surface area (Å²) in [5.41, 5.74) is 0.929. The van der Waals surface area contributed by atoms with Gasteiger partial charge in [-0.05, 0) is 31.0 Å². The zero-order chi connectivity index (χ0) is 15.8. The van der Waals surface area contributed by atoms with Crippen molar-refractivity contribution in [2.75, 3.05) is 23.0 Å². The van der Waals surface area contributed by atoms with Crippen LogP contribution in [0.3, 0.4) is 0 Å². The van der Waals surface area contributed by atoms with E-state index in [0.717, 1.165) is 6.07 Å². The van der Waals surface area contributed by atoms with E-state index >= 15 is 0 Å². The number of nitrogens with zero attached hydrogens (tertiary/aromatic N) is 1. The Morgan fingerprint density at radius 2 is 1.90 bits per heavy atom. The van der Waals surface area contributed by atoms with Gasteiger partial charge in [-0.1, -0.05) is 6.92 Å². The molecule has 0 aromatic heterocycles. The van der Waals surface area contributed by atoms with E-state index < -0.39 is 27.3 Å². The van der Waals surface area contributed by atoms with Crippen molar-refractivity contribution >= 4 is 27.2 Å². The Kier molecular flexibility index (Phi) is 4.13. The summed E-state index contributed by atoms with van der Waals surface area (Å²) in [6.45, 7) is 3.30. The van der Waals surface area contributed by atoms with Crippen LogP contribution in [0.4, 0.5) is 10.1 Å². The number of hydrogen-bond donors (Lipinski definition) is 0. The first-order valence-electron chi connectivity index (χ1n) is 6.63. The van der Waals surface area contributed by atoms with Crippen molar-refractivity contribution in [3.63, 3.8) is 0 Å². The van der Waals surface area contributed by atoms with Crippen molar-refractivity contribution in [1.29, 1.82) is 0 Å². The van der Waals surface area contributed by atoms with E-state index in [1.54, 1.807) is 13.8 Å². The van der Waals surface area contributed by atoms with E-state index in [9.17, 15) is 22.4 Å². The Morgan fingerprint density at radius 3 is 2.52 bits per heavy atom. The molecule has 0 saturated heterocycles. The molecule has 0 unspecified atom stereocenters. The number of amides is 1. The van der Waals surface area contributed by atoms with Crippen LogP contribution >= 0.6 is 0 Å². The van der Waals surface area contributed by atoms with Crippen molar-refractivity contribution in [3.8, 4) is 0 Å². The summed E-state index contributed by atoms with van der Waals surface area (Å²) < 4.78 is 36.3. The molecule has 0 fully saturated rings. The fraction of sp³-hybridized carbons (Fsp3) is 0.429. The summed E-state index contributed by atoms with van der Waals surface area (Å²) in [6, 6.07) is 2.30. The van der Waals surface area contributed by atoms with Gasteiger partial charge in [0.2, 0.25) is 0 Å². The molecular weight excluding hydrogens is 297 g/mol. The third-order valence-corrected chi connectivity index (χ3v) is 5.29. The van der Waals surface area contributed by atoms with Crippen LogP contribution in [0.25, 0.3) is 0 Å². The first-order valence-corrected chi connectivity index (χ1v) is 8.45. The minimum Gasteiger partial charge on any atom is -0.304 e. The molecule has 0 N–H and O–H groups in total. The molecular formula is C14H16FNO4S. The summed E-state index contributed by atoms with van der Waals surface area (Å²) >= 11 is 0. The molecule has 114 valence electrons. The second kappa shape index (κ2) is 5.55. The number of ketones is 1. The number of aryl methyl sites for hydroxylation is 1. The highest BCUT2D eigenvalue weighted by Gasteiger charge is 2.37. The van der Waals surface area contributed by atoms with Crippen LogP contribution in [0.2, 0.25) is 0 Å². The highest BCUT2D eigenvalue weighted by molar-refractivity contribution is 7.91. The Bertz CT molecular complexity index is 712. The second-order valence-electron chi connectivity index (χ2n) is 4.99. The van der Waals surface area contributed by atoms with Gasteiger partial charge in [0.05, 0.1) is 17.0 Å². The fourth-order valence-electron chi connectivity index (χ4n) is 2.41. The molecule has 1 aliphatic heterocycles. The van der Waals surface area contributed by atoms with E-state index in [0.29, 0.717) is 11.3 Å². The van der Waals surface area contributed by atoms with Crippen LogP contribution in [-0.4, -0.2) is 38.2 Å². The van der Waals surface area contributed by atoms with E-state index in [2.05, 4.69) is 0 Å². The SMILES string of the molecule is CCS(=O)(=O)CCCN1C(=O)C(=O)c2cc(F)cc(C)c21. The third kappa shape index (κ3) is 2.97. The van der Waals surface area contributed by atoms with Crippen LogP contribution in [0.5, 0.6) is 0 Å². The van der Waals surface area contributed by atoms with Gasteiger partial charge in [-0.3, -0.25) is 9.59 Å². The number of Topliss-reactive ketones (excluding diaryl/α,β-unsaturated/α-hetero) is 1. The number of anilines is 1. The molecule has 2 rings (SSSR count). The number of halogens is 1. The van der Waals surface area contributed by atoms with Crippen LogP contribution in [0, 0.1) is 12.7 Å². The normalized spacial score (nSPS) is 14.7. The first kappa shape index (κ1) is 15.6. The molecule has 0 saturated carbocycles. The molecule has 1 heterocycles. The third-order valence-electron chi connectivity index (χ3n) is 3.50. The number of benzene rings is 1. The molecule has 0 bridgehead atoms. The molecule has 21 heavy (non-hydrogen) atoms. The molecule has 1 amide bonds. The fourth-order valence-corrected chi connectivity index (χ4v) is 3.26. The quantitative estimate of drug-likeness (QED) is 0.772. The number of carbonyl (C=O) groups is 2. The monoisotopic (exact) mass is 313 g/mol. The Labute approximate surface area is 122 Å². The highest BCUT2D eigenvalue weighted by atomic mass is 32.2. The van der Waals surface area contributed by atoms with Gasteiger partial charge in [-0.2, -0.15) is 0 Å². The predicted molar refractivity (Wildman–Crippen MR) is 76.8 cm³/mol. The van der Waals surface area contributed by atoms with Crippen molar-refractivity contribution in [1.82, 2.24) is 0 Å². The Hall–Kier alpha value is -1.76. The predicted octanol–water partition coefficient (Wildman–Crippen LogP) is 1.49. The molecule has 0 radical (unpaired) electrons. The summed E-state index contributed by atoms with van der Waals surface area (Å²) in [6.07, 6.45) is 0.242. The lowest BCUT2D eigenvalue weighted by molar-refractivity contribution is -0.114. The number of sulfone groups is 1. The lowest BCUT2D eigenvalue weighted by atomic mass is 10.1. The van der Waals surface area contributed by atoms with Gasteiger partial charge >= 0.3 is 0 Å². The van der Waals surface area contributed by atoms with Gasteiger partial charge in [-0.25, -0.2) is 12.8 Å². The number of rotatable bonds is 5. The first-order chi connectivity index (χ1) is 9.76. The average Bonchev–Trinajstić information content (AvgIpc) is 2.64. The summed E-state index contributed by atoms with van der Waals surface area (Å²) in [5.74, 6) is -2.04. The van der Waals surface area contributed by atoms with Crippen molar-refractivity contribution < 1.29 is 22.4 Å². The van der Waals surface area contributed by atoms with Crippen molar-refractivity contribution in [2.45, 2.75) is 20.3 Å². The van der Waals surface area contributed by atoms with Crippen LogP contribution < -0.4 is 4.90 Å². The van der Waals surface area contributed by atoms with Gasteiger partial charge in [-0.15, -0.1) is 0 Å². The Morgan fingerprint density at radius 1 is 1.24 bits per heavy atom. The molecule has 7 heteroatoms. The van der Waals surface area contributed by atoms with Crippen LogP contribution in [-0.2, 0) is 14.6 Å². The lowest BCUT2D eigenvalue weighted by Crippen LogP contribution is -2.32. The molecule has 1 aromatic carbocycles. The number of fused-ring (bicyclic) bond motifs is 1. The second-order valence-corrected chi connectivity index (χ2v) is 7.47. The number of carbonyl (C=O) groups excluding carboxylic acids is 2. The highest BCUT2D eigenvalue weighted by Crippen LogP contribution is 2.33. The summed E-state index contributed by atoms with van der Waals surface area (Å²) in [7, 11) is -3.12. The molecule has 5 nitrogen and oxygen atoms in total. The zero-order valence-corrected chi connectivity index (χ0v) is 12.7. The summed E-state index contributed by atoms with van der Waals surface area (Å²) in [5, 5.41) is 0. The maximum Gasteiger partial charge on any atom is 0.299 e. The topological polar surface area (TPSA) is 71.5 Å². The minimum atomic E-state index is -3.12. The van der Waals surface area contributed by atoms with Gasteiger partial charge in [0.15, 0.2) is 0 Å². The average molecular weight is 313 g/mol. The van der Waals surface area contributed by atoms with Gasteiger partial charge in [0.25, 0.3) is 11.7 Å². The molecule has 0 aliphatic carbocycles. The largest absolute Gasteiger partial charge is 0.304 e.